The van der Waals surface area contributed by atoms with Crippen molar-refractivity contribution in [3.05, 3.63) is 24.3 Å². The minimum absolute atomic E-state index is 0.0970. The van der Waals surface area contributed by atoms with E-state index in [2.05, 4.69) is 6.92 Å². The minimum atomic E-state index is -1.04. The standard InChI is InChI=1S/C23H40O7/c1-2-3-6-9-17(25)12-13-20-19(21(27)14-22(20)28)10-7-4-5-8-11-23(29)30-16-18(26)15-24/h4,7,12-13,17-22,24-28H,2-3,5-6,8-11,14-16H2,1H3/b7-4+,13-12+/t17-,18-,19+,20+,21-,22+/m0/s1. The van der Waals surface area contributed by atoms with Crippen LogP contribution in [0.2, 0.25) is 0 Å². The first-order valence-corrected chi connectivity index (χ1v) is 11.2. The summed E-state index contributed by atoms with van der Waals surface area (Å²) in [6.45, 7) is 1.48. The topological polar surface area (TPSA) is 127 Å². The number of carbonyl (C=O) groups is 1. The number of rotatable bonds is 15. The first-order valence-electron chi connectivity index (χ1n) is 11.2. The molecule has 1 fully saturated rings. The lowest BCUT2D eigenvalue weighted by Gasteiger charge is -2.19. The Labute approximate surface area is 180 Å². The van der Waals surface area contributed by atoms with E-state index in [1.165, 1.54) is 0 Å². The number of aliphatic hydroxyl groups excluding tert-OH is 5. The van der Waals surface area contributed by atoms with Crippen LogP contribution in [0.5, 0.6) is 0 Å². The molecule has 0 bridgehead atoms. The normalized spacial score (nSPS) is 26.5. The molecule has 0 saturated heterocycles. The van der Waals surface area contributed by atoms with E-state index in [0.717, 1.165) is 19.3 Å². The molecule has 1 aliphatic carbocycles. The Bertz CT molecular complexity index is 520. The van der Waals surface area contributed by atoms with E-state index in [9.17, 15) is 20.1 Å². The van der Waals surface area contributed by atoms with Crippen molar-refractivity contribution >= 4 is 5.97 Å². The highest BCUT2D eigenvalue weighted by molar-refractivity contribution is 5.69. The van der Waals surface area contributed by atoms with Crippen molar-refractivity contribution in [2.45, 2.75) is 89.1 Å². The van der Waals surface area contributed by atoms with Gasteiger partial charge >= 0.3 is 5.97 Å². The molecule has 5 N–H and O–H groups in total. The molecule has 0 heterocycles. The van der Waals surface area contributed by atoms with Gasteiger partial charge in [-0.25, -0.2) is 0 Å². The Hall–Kier alpha value is -1.25. The van der Waals surface area contributed by atoms with Gasteiger partial charge in [0.1, 0.15) is 12.7 Å². The molecule has 0 unspecified atom stereocenters. The van der Waals surface area contributed by atoms with Gasteiger partial charge in [0.15, 0.2) is 0 Å². The molecular formula is C23H40O7. The van der Waals surface area contributed by atoms with Crippen LogP contribution in [0.1, 0.15) is 64.7 Å². The summed E-state index contributed by atoms with van der Waals surface area (Å²) >= 11 is 0. The number of ether oxygens (including phenoxy) is 1. The first kappa shape index (κ1) is 26.8. The Morgan fingerprint density at radius 2 is 1.90 bits per heavy atom. The van der Waals surface area contributed by atoms with Crippen LogP contribution in [0.15, 0.2) is 24.3 Å². The molecule has 30 heavy (non-hydrogen) atoms. The summed E-state index contributed by atoms with van der Waals surface area (Å²) in [4.78, 5) is 11.5. The number of esters is 1. The van der Waals surface area contributed by atoms with Gasteiger partial charge in [0.2, 0.25) is 0 Å². The SMILES string of the molecule is CCCCC[C@H](O)/C=C/[C@@H]1[C@@H](C/C=C/CCCC(=O)OC[C@@H](O)CO)[C@@H](O)C[C@H]1O. The van der Waals surface area contributed by atoms with Crippen molar-refractivity contribution in [1.29, 1.82) is 0 Å². The Morgan fingerprint density at radius 3 is 2.60 bits per heavy atom. The summed E-state index contributed by atoms with van der Waals surface area (Å²) in [5, 5.41) is 48.4. The van der Waals surface area contributed by atoms with Gasteiger partial charge in [-0.15, -0.1) is 0 Å². The van der Waals surface area contributed by atoms with Crippen molar-refractivity contribution in [2.24, 2.45) is 11.8 Å². The Kier molecular flexibility index (Phi) is 13.9. The molecule has 1 aliphatic rings. The monoisotopic (exact) mass is 428 g/mol. The van der Waals surface area contributed by atoms with Crippen molar-refractivity contribution in [3.63, 3.8) is 0 Å². The van der Waals surface area contributed by atoms with Crippen LogP contribution in [0.3, 0.4) is 0 Å². The van der Waals surface area contributed by atoms with E-state index < -0.39 is 37.0 Å². The lowest BCUT2D eigenvalue weighted by molar-refractivity contribution is -0.147. The van der Waals surface area contributed by atoms with Gasteiger partial charge in [-0.2, -0.15) is 0 Å². The zero-order valence-corrected chi connectivity index (χ0v) is 18.1. The molecule has 7 nitrogen and oxygen atoms in total. The summed E-state index contributed by atoms with van der Waals surface area (Å²) in [5.41, 5.74) is 0. The van der Waals surface area contributed by atoms with Crippen LogP contribution >= 0.6 is 0 Å². The molecular weight excluding hydrogens is 388 g/mol. The summed E-state index contributed by atoms with van der Waals surface area (Å²) in [6, 6.07) is 0. The molecule has 0 amide bonds. The van der Waals surface area contributed by atoms with Crippen LogP contribution in [-0.2, 0) is 9.53 Å². The lowest BCUT2D eigenvalue weighted by Crippen LogP contribution is -2.21. The van der Waals surface area contributed by atoms with Crippen molar-refractivity contribution in [2.75, 3.05) is 13.2 Å². The average Bonchev–Trinajstić information content (AvgIpc) is 2.99. The molecule has 1 saturated carbocycles. The van der Waals surface area contributed by atoms with Crippen molar-refractivity contribution in [1.82, 2.24) is 0 Å². The van der Waals surface area contributed by atoms with Gasteiger partial charge in [0, 0.05) is 18.8 Å². The summed E-state index contributed by atoms with van der Waals surface area (Å²) in [5.74, 6) is -0.688. The summed E-state index contributed by atoms with van der Waals surface area (Å²) < 4.78 is 4.84. The van der Waals surface area contributed by atoms with Gasteiger partial charge in [0.05, 0.1) is 24.9 Å². The Morgan fingerprint density at radius 1 is 1.13 bits per heavy atom. The van der Waals surface area contributed by atoms with E-state index in [1.54, 1.807) is 6.08 Å². The molecule has 0 aromatic rings. The van der Waals surface area contributed by atoms with E-state index in [4.69, 9.17) is 14.9 Å². The van der Waals surface area contributed by atoms with Gasteiger partial charge in [-0.3, -0.25) is 4.79 Å². The molecule has 7 heteroatoms. The largest absolute Gasteiger partial charge is 0.463 e. The van der Waals surface area contributed by atoms with E-state index >= 15 is 0 Å². The van der Waals surface area contributed by atoms with E-state index in [1.807, 2.05) is 18.2 Å². The van der Waals surface area contributed by atoms with Gasteiger partial charge in [-0.1, -0.05) is 50.5 Å². The summed E-state index contributed by atoms with van der Waals surface area (Å²) in [7, 11) is 0. The van der Waals surface area contributed by atoms with Gasteiger partial charge in [-0.05, 0) is 31.6 Å². The molecule has 0 spiro atoms. The Balaban J connectivity index is 2.36. The van der Waals surface area contributed by atoms with E-state index in [-0.39, 0.29) is 24.9 Å². The van der Waals surface area contributed by atoms with E-state index in [0.29, 0.717) is 32.1 Å². The van der Waals surface area contributed by atoms with Crippen LogP contribution in [0.4, 0.5) is 0 Å². The number of unbranched alkanes of at least 4 members (excludes halogenated alkanes) is 3. The van der Waals surface area contributed by atoms with Crippen LogP contribution < -0.4 is 0 Å². The number of hydrogen-bond donors (Lipinski definition) is 5. The lowest BCUT2D eigenvalue weighted by atomic mass is 9.89. The maximum Gasteiger partial charge on any atom is 0.305 e. The second kappa shape index (κ2) is 15.5. The highest BCUT2D eigenvalue weighted by Crippen LogP contribution is 2.36. The predicted octanol–water partition coefficient (Wildman–Crippen LogP) is 1.85. The predicted molar refractivity (Wildman–Crippen MR) is 115 cm³/mol. The third-order valence-electron chi connectivity index (χ3n) is 5.55. The number of allylic oxidation sites excluding steroid dienone is 2. The number of hydrogen-bond acceptors (Lipinski definition) is 7. The van der Waals surface area contributed by atoms with Crippen molar-refractivity contribution < 1.29 is 35.1 Å². The number of aliphatic hydroxyl groups is 5. The maximum atomic E-state index is 11.5. The fourth-order valence-electron chi connectivity index (χ4n) is 3.71. The second-order valence-corrected chi connectivity index (χ2v) is 8.18. The van der Waals surface area contributed by atoms with Gasteiger partial charge < -0.3 is 30.3 Å². The highest BCUT2D eigenvalue weighted by Gasteiger charge is 2.39. The maximum absolute atomic E-state index is 11.5. The fraction of sp³-hybridized carbons (Fsp3) is 0.783. The summed E-state index contributed by atoms with van der Waals surface area (Å²) in [6.07, 6.45) is 11.1. The smallest absolute Gasteiger partial charge is 0.305 e. The zero-order chi connectivity index (χ0) is 22.4. The first-order chi connectivity index (χ1) is 14.4. The second-order valence-electron chi connectivity index (χ2n) is 8.18. The molecule has 0 aromatic carbocycles. The molecule has 0 radical (unpaired) electrons. The molecule has 1 rings (SSSR count). The molecule has 6 atom stereocenters. The third kappa shape index (κ3) is 10.7. The van der Waals surface area contributed by atoms with Crippen molar-refractivity contribution in [3.8, 4) is 0 Å². The number of carbonyl (C=O) groups excluding carboxylic acids is 1. The minimum Gasteiger partial charge on any atom is -0.463 e. The fourth-order valence-corrected chi connectivity index (χ4v) is 3.71. The highest BCUT2D eigenvalue weighted by atomic mass is 16.5. The molecule has 0 aromatic heterocycles. The van der Waals surface area contributed by atoms with Crippen LogP contribution in [0.25, 0.3) is 0 Å². The quantitative estimate of drug-likeness (QED) is 0.153. The molecule has 174 valence electrons. The third-order valence-corrected chi connectivity index (χ3v) is 5.55. The van der Waals surface area contributed by atoms with Gasteiger partial charge in [0.25, 0.3) is 0 Å². The van der Waals surface area contributed by atoms with Crippen LogP contribution in [-0.4, -0.2) is 69.1 Å². The average molecular weight is 429 g/mol. The zero-order valence-electron chi connectivity index (χ0n) is 18.1. The van der Waals surface area contributed by atoms with Crippen LogP contribution in [0, 0.1) is 11.8 Å². The molecule has 0 aliphatic heterocycles.